The number of carbonyl (C=O) groups is 1. The fourth-order valence-electron chi connectivity index (χ4n) is 0.0340. The van der Waals surface area contributed by atoms with E-state index < -0.39 is 5.60 Å². The van der Waals surface area contributed by atoms with Gasteiger partial charge in [0.15, 0.2) is 0 Å². The standard InChI is InChI=1S/C4H9O.C4H10.C3H8.C2H4O.CH4.K.S7.S4.H2/c1-4(2,3)5;1-3-4-2;1-3-2;1-2-3;;;1-3-5-7-6-4-2;1-3-4-2;/h1-3H3;3-4H2,1-2H3;3H2,1-2H3;2H,1H3;1H4;;;;1H/q-1;;;;;+1;;;. The Kier molecular flexibility index (Phi) is 120. The molecule has 0 rings (SSSR count). The molecule has 0 aromatic carbocycles. The van der Waals surface area contributed by atoms with Crippen molar-refractivity contribution in [2.75, 3.05) is 0 Å². The van der Waals surface area contributed by atoms with E-state index in [1.807, 2.05) is 0 Å². The van der Waals surface area contributed by atoms with Crippen LogP contribution in [-0.4, -0.2) is 11.9 Å². The summed E-state index contributed by atoms with van der Waals surface area (Å²) in [7, 11) is 9.71. The van der Waals surface area contributed by atoms with Crippen molar-refractivity contribution in [2.24, 2.45) is 0 Å². The van der Waals surface area contributed by atoms with Crippen molar-refractivity contribution in [1.29, 1.82) is 0 Å². The molecular weight excluding hydrogens is 592 g/mol. The Morgan fingerprint density at radius 3 is 1.07 bits per heavy atom. The number of unbranched alkanes of at least 4 members (excludes halogenated alkanes) is 1. The Bertz CT molecular complexity index is 490. The Balaban J connectivity index is -0.0000000238. The van der Waals surface area contributed by atoms with Crippen LogP contribution in [0.3, 0.4) is 0 Å². The van der Waals surface area contributed by atoms with E-state index in [4.69, 9.17) is 4.79 Å². The molecule has 28 heavy (non-hydrogen) atoms. The van der Waals surface area contributed by atoms with Gasteiger partial charge in [-0.3, -0.25) is 0 Å². The third kappa shape index (κ3) is 260. The fraction of sp³-hybridized carbons (Fsp3) is 0.929. The predicted molar refractivity (Wildman–Crippen MR) is 158 cm³/mol. The smallest absolute Gasteiger partial charge is 0.850 e. The van der Waals surface area contributed by atoms with Gasteiger partial charge in [0, 0.05) is 108 Å². The zero-order chi connectivity index (χ0) is 22.3. The quantitative estimate of drug-likeness (QED) is 0.324. The van der Waals surface area contributed by atoms with Gasteiger partial charge >= 0.3 is 51.4 Å². The van der Waals surface area contributed by atoms with Crippen LogP contribution in [-0.2, 0) is 112 Å². The first-order valence-corrected chi connectivity index (χ1v) is 19.3. The number of aldehydes is 1. The van der Waals surface area contributed by atoms with Crippen LogP contribution in [0.25, 0.3) is 0 Å². The molecule has 0 fully saturated rings. The van der Waals surface area contributed by atoms with E-state index >= 15 is 0 Å². The molecule has 0 spiro atoms. The second-order valence-corrected chi connectivity index (χ2v) is 16.9. The van der Waals surface area contributed by atoms with Crippen molar-refractivity contribution in [2.45, 2.75) is 87.7 Å². The van der Waals surface area contributed by atoms with Crippen molar-refractivity contribution in [1.82, 2.24) is 0 Å². The molecule has 0 amide bonds. The van der Waals surface area contributed by atoms with Crippen LogP contribution in [0.4, 0.5) is 0 Å². The van der Waals surface area contributed by atoms with E-state index in [1.54, 1.807) is 47.4 Å². The fourth-order valence-corrected chi connectivity index (χ4v) is 8.27. The van der Waals surface area contributed by atoms with Gasteiger partial charge in [0.2, 0.25) is 0 Å². The number of carbonyl (C=O) groups excluding carboxylic acids is 1. The first-order valence-electron chi connectivity index (χ1n) is 7.35. The van der Waals surface area contributed by atoms with Crippen LogP contribution in [0.2, 0.25) is 0 Å². The Morgan fingerprint density at radius 1 is 0.821 bits per heavy atom. The maximum Gasteiger partial charge on any atom is 1.00 e. The molecule has 0 aliphatic rings. The molecule has 0 aliphatic carbocycles. The minimum atomic E-state index is -0.750. The molecule has 172 valence electrons. The molecule has 2 nitrogen and oxygen atoms in total. The number of rotatable bonds is 1. The average Bonchev–Trinajstić information content (AvgIpc) is 2.56. The third-order valence-electron chi connectivity index (χ3n) is 0.639. The summed E-state index contributed by atoms with van der Waals surface area (Å²) in [6, 6.07) is 0. The molecule has 0 aromatic heterocycles. The monoisotopic (exact) mass is 628 g/mol. The van der Waals surface area contributed by atoms with E-state index in [0.29, 0.717) is 0 Å². The van der Waals surface area contributed by atoms with Gasteiger partial charge in [-0.2, -0.15) is 0 Å². The zero-order valence-corrected chi connectivity index (χ0v) is 29.6. The maximum atomic E-state index is 10.1. The van der Waals surface area contributed by atoms with Gasteiger partial charge in [0.05, 0.1) is 0 Å². The number of hydrogen-bond donors (Lipinski definition) is 0. The average molecular weight is 629 g/mol. The van der Waals surface area contributed by atoms with Crippen LogP contribution >= 0.6 is 0 Å². The van der Waals surface area contributed by atoms with Gasteiger partial charge in [-0.25, -0.2) is 0 Å². The normalized spacial score (nSPS) is 6.61. The SMILES string of the molecule is C.CC(C)(C)[O-].CC=O.CCC.CCCC.S=S=S=S.S=S=S=S=S=S=S.[HH].[K+]. The van der Waals surface area contributed by atoms with Gasteiger partial charge in [-0.15, -0.1) is 5.60 Å². The summed E-state index contributed by atoms with van der Waals surface area (Å²) in [4.78, 5) is 8.81. The van der Waals surface area contributed by atoms with Gasteiger partial charge < -0.3 is 9.90 Å². The topological polar surface area (TPSA) is 40.1 Å². The summed E-state index contributed by atoms with van der Waals surface area (Å²) in [5, 5.41) is 10.1. The van der Waals surface area contributed by atoms with E-state index in [1.165, 1.54) is 61.7 Å². The van der Waals surface area contributed by atoms with Crippen molar-refractivity contribution in [3.63, 3.8) is 0 Å². The Morgan fingerprint density at radius 2 is 1.00 bits per heavy atom. The molecule has 0 heterocycles. The van der Waals surface area contributed by atoms with Crippen LogP contribution in [0.5, 0.6) is 0 Å². The molecule has 0 unspecified atom stereocenters. The van der Waals surface area contributed by atoms with Crippen molar-refractivity contribution >= 4 is 113 Å². The molecule has 14 heteroatoms. The van der Waals surface area contributed by atoms with E-state index in [-0.39, 0.29) is 60.2 Å². The predicted octanol–water partition coefficient (Wildman–Crippen LogP) is 1.43. The van der Waals surface area contributed by atoms with Crippen LogP contribution in [0, 0.1) is 0 Å². The third-order valence-corrected chi connectivity index (χ3v) is 11.7. The summed E-state index contributed by atoms with van der Waals surface area (Å²) in [6.45, 7) is 15.0. The van der Waals surface area contributed by atoms with Gasteiger partial charge in [0.1, 0.15) is 6.29 Å². The Labute approximate surface area is 258 Å². The molecule has 0 aliphatic heterocycles. The molecular formula is C14H37KO2S11. The molecule has 0 atom stereocenters. The minimum absolute atomic E-state index is 0. The van der Waals surface area contributed by atoms with Crippen LogP contribution < -0.4 is 56.5 Å². The summed E-state index contributed by atoms with van der Waals surface area (Å²) in [5.41, 5.74) is -0.750. The molecule has 0 aromatic rings. The first kappa shape index (κ1) is 53.2. The summed E-state index contributed by atoms with van der Waals surface area (Å²) < 4.78 is 0. The van der Waals surface area contributed by atoms with E-state index in [2.05, 4.69) is 72.4 Å². The van der Waals surface area contributed by atoms with Crippen molar-refractivity contribution in [3.05, 3.63) is 0 Å². The van der Waals surface area contributed by atoms with E-state index in [9.17, 15) is 5.11 Å². The van der Waals surface area contributed by atoms with Gasteiger partial charge in [0.25, 0.3) is 0 Å². The molecule has 0 N–H and O–H groups in total. The van der Waals surface area contributed by atoms with Crippen molar-refractivity contribution < 1.29 is 62.7 Å². The summed E-state index contributed by atoms with van der Waals surface area (Å²) in [5.74, 6) is 0. The molecule has 0 bridgehead atoms. The van der Waals surface area contributed by atoms with Crippen molar-refractivity contribution in [3.8, 4) is 0 Å². The Hall–Kier alpha value is 3.69. The second kappa shape index (κ2) is 63.2. The molecule has 0 saturated carbocycles. The minimum Gasteiger partial charge on any atom is -0.850 e. The van der Waals surface area contributed by atoms with Gasteiger partial charge in [-0.1, -0.05) is 75.2 Å². The van der Waals surface area contributed by atoms with Crippen LogP contribution in [0.1, 0.15) is 83.5 Å². The van der Waals surface area contributed by atoms with E-state index in [0.717, 1.165) is 6.29 Å². The second-order valence-electron chi connectivity index (χ2n) is 4.53. The molecule has 0 radical (unpaired) electrons. The maximum absolute atomic E-state index is 10.1. The molecule has 0 saturated heterocycles. The zero-order valence-electron chi connectivity index (χ0n) is 17.5. The summed E-state index contributed by atoms with van der Waals surface area (Å²) >= 11 is 17.8. The first-order chi connectivity index (χ1) is 12.1. The number of hydrogen-bond acceptors (Lipinski definition) is 6. The summed E-state index contributed by atoms with van der Waals surface area (Å²) in [6.07, 6.45) is 4.64. The van der Waals surface area contributed by atoms with Crippen LogP contribution in [0.15, 0.2) is 0 Å². The largest absolute Gasteiger partial charge is 1.00 e. The van der Waals surface area contributed by atoms with Gasteiger partial charge in [-0.05, 0) is 6.92 Å².